The van der Waals surface area contributed by atoms with E-state index in [9.17, 15) is 0 Å². The summed E-state index contributed by atoms with van der Waals surface area (Å²) in [6.45, 7) is 6.54. The lowest BCUT2D eigenvalue weighted by atomic mass is 10.2. The third-order valence-electron chi connectivity index (χ3n) is 2.83. The molecule has 0 aliphatic carbocycles. The zero-order valence-corrected chi connectivity index (χ0v) is 13.1. The molecule has 0 spiro atoms. The van der Waals surface area contributed by atoms with Crippen LogP contribution in [0.25, 0.3) is 0 Å². The second-order valence-corrected chi connectivity index (χ2v) is 5.95. The van der Waals surface area contributed by atoms with Gasteiger partial charge in [-0.3, -0.25) is 0 Å². The largest absolute Gasteiger partial charge is 0.311 e. The van der Waals surface area contributed by atoms with Gasteiger partial charge in [0.15, 0.2) is 0 Å². The Morgan fingerprint density at radius 1 is 1.25 bits per heavy atom. The molecule has 0 radical (unpaired) electrons. The molecule has 0 atom stereocenters. The molecule has 0 bridgehead atoms. The van der Waals surface area contributed by atoms with Gasteiger partial charge < -0.3 is 5.32 Å². The van der Waals surface area contributed by atoms with E-state index in [1.54, 1.807) is 4.68 Å². The highest BCUT2D eigenvalue weighted by molar-refractivity contribution is 6.35. The monoisotopic (exact) mass is 312 g/mol. The lowest BCUT2D eigenvalue weighted by molar-refractivity contribution is 0.548. The summed E-state index contributed by atoms with van der Waals surface area (Å²) in [7, 11) is 0. The van der Waals surface area contributed by atoms with Crippen molar-refractivity contribution in [3.63, 3.8) is 0 Å². The van der Waals surface area contributed by atoms with Crippen molar-refractivity contribution in [2.24, 2.45) is 5.92 Å². The molecule has 20 heavy (non-hydrogen) atoms. The molecule has 4 nitrogen and oxygen atoms in total. The van der Waals surface area contributed by atoms with Crippen molar-refractivity contribution in [2.45, 2.75) is 26.9 Å². The molecule has 0 aliphatic rings. The van der Waals surface area contributed by atoms with Crippen molar-refractivity contribution in [3.8, 4) is 0 Å². The van der Waals surface area contributed by atoms with Crippen LogP contribution in [0.15, 0.2) is 24.4 Å². The van der Waals surface area contributed by atoms with Gasteiger partial charge in [0.05, 0.1) is 18.4 Å². The maximum Gasteiger partial charge on any atom is 0.0964 e. The first kappa shape index (κ1) is 15.3. The standard InChI is InChI=1S/C14H18Cl2N4/c1-10(2)6-17-7-11-8-20(19-18-11)9-12-13(15)4-3-5-14(12)16/h3-5,8,10,17H,6-7,9H2,1-2H3. The number of hydrogen-bond donors (Lipinski definition) is 1. The van der Waals surface area contributed by atoms with E-state index >= 15 is 0 Å². The first-order valence-electron chi connectivity index (χ1n) is 6.59. The first-order valence-corrected chi connectivity index (χ1v) is 7.34. The van der Waals surface area contributed by atoms with E-state index in [0.717, 1.165) is 17.8 Å². The Morgan fingerprint density at radius 3 is 2.60 bits per heavy atom. The summed E-state index contributed by atoms with van der Waals surface area (Å²) >= 11 is 12.3. The lowest BCUT2D eigenvalue weighted by Gasteiger charge is -2.06. The Morgan fingerprint density at radius 2 is 1.95 bits per heavy atom. The molecule has 1 heterocycles. The summed E-state index contributed by atoms with van der Waals surface area (Å²) in [6, 6.07) is 5.48. The van der Waals surface area contributed by atoms with Crippen LogP contribution in [0.3, 0.4) is 0 Å². The van der Waals surface area contributed by atoms with E-state index in [0.29, 0.717) is 29.1 Å². The van der Waals surface area contributed by atoms with Crippen molar-refractivity contribution >= 4 is 23.2 Å². The molecule has 6 heteroatoms. The normalized spacial score (nSPS) is 11.2. The van der Waals surface area contributed by atoms with Crippen LogP contribution < -0.4 is 5.32 Å². The average Bonchev–Trinajstić information content (AvgIpc) is 2.81. The smallest absolute Gasteiger partial charge is 0.0964 e. The van der Waals surface area contributed by atoms with Crippen LogP contribution in [-0.4, -0.2) is 21.5 Å². The van der Waals surface area contributed by atoms with Gasteiger partial charge in [0.1, 0.15) is 0 Å². The second kappa shape index (κ2) is 7.07. The number of rotatable bonds is 6. The molecule has 0 amide bonds. The highest BCUT2D eigenvalue weighted by Crippen LogP contribution is 2.24. The minimum absolute atomic E-state index is 0.523. The fraction of sp³-hybridized carbons (Fsp3) is 0.429. The van der Waals surface area contributed by atoms with E-state index in [1.807, 2.05) is 24.4 Å². The first-order chi connectivity index (χ1) is 9.56. The molecule has 0 fully saturated rings. The molecular formula is C14H18Cl2N4. The molecule has 0 saturated heterocycles. The zero-order chi connectivity index (χ0) is 14.5. The third kappa shape index (κ3) is 4.20. The van der Waals surface area contributed by atoms with Gasteiger partial charge in [0.25, 0.3) is 0 Å². The average molecular weight is 313 g/mol. The molecule has 2 aromatic rings. The number of benzene rings is 1. The molecule has 0 saturated carbocycles. The Balaban J connectivity index is 1.99. The quantitative estimate of drug-likeness (QED) is 0.889. The maximum absolute atomic E-state index is 6.15. The van der Waals surface area contributed by atoms with Gasteiger partial charge in [-0.1, -0.05) is 48.3 Å². The van der Waals surface area contributed by atoms with Crippen LogP contribution in [0.4, 0.5) is 0 Å². The highest BCUT2D eigenvalue weighted by Gasteiger charge is 2.08. The highest BCUT2D eigenvalue weighted by atomic mass is 35.5. The second-order valence-electron chi connectivity index (χ2n) is 5.13. The Bertz CT molecular complexity index is 546. The van der Waals surface area contributed by atoms with Crippen LogP contribution in [-0.2, 0) is 13.1 Å². The van der Waals surface area contributed by atoms with Crippen LogP contribution in [0.1, 0.15) is 25.1 Å². The number of nitrogens with zero attached hydrogens (tertiary/aromatic N) is 3. The van der Waals surface area contributed by atoms with Gasteiger partial charge in [-0.25, -0.2) is 4.68 Å². The summed E-state index contributed by atoms with van der Waals surface area (Å²) in [5, 5.41) is 12.9. The fourth-order valence-corrected chi connectivity index (χ4v) is 2.35. The summed E-state index contributed by atoms with van der Waals surface area (Å²) < 4.78 is 1.75. The lowest BCUT2D eigenvalue weighted by Crippen LogP contribution is -2.19. The van der Waals surface area contributed by atoms with Gasteiger partial charge >= 0.3 is 0 Å². The molecule has 1 aromatic heterocycles. The van der Waals surface area contributed by atoms with E-state index in [1.165, 1.54) is 0 Å². The predicted molar refractivity (Wildman–Crippen MR) is 82.1 cm³/mol. The van der Waals surface area contributed by atoms with Gasteiger partial charge in [-0.05, 0) is 24.6 Å². The van der Waals surface area contributed by atoms with E-state index in [-0.39, 0.29) is 0 Å². The van der Waals surface area contributed by atoms with Gasteiger partial charge in [-0.15, -0.1) is 5.10 Å². The third-order valence-corrected chi connectivity index (χ3v) is 3.53. The van der Waals surface area contributed by atoms with E-state index in [2.05, 4.69) is 29.5 Å². The molecule has 2 rings (SSSR count). The molecule has 0 aliphatic heterocycles. The van der Waals surface area contributed by atoms with Crippen LogP contribution >= 0.6 is 23.2 Å². The Labute approximate surface area is 129 Å². The molecule has 108 valence electrons. The van der Waals surface area contributed by atoms with E-state index in [4.69, 9.17) is 23.2 Å². The van der Waals surface area contributed by atoms with Crippen molar-refractivity contribution < 1.29 is 0 Å². The van der Waals surface area contributed by atoms with Crippen molar-refractivity contribution in [1.29, 1.82) is 0 Å². The minimum Gasteiger partial charge on any atom is -0.311 e. The summed E-state index contributed by atoms with van der Waals surface area (Å²) in [4.78, 5) is 0. The SMILES string of the molecule is CC(C)CNCc1cn(Cc2c(Cl)cccc2Cl)nn1. The molecule has 0 unspecified atom stereocenters. The fourth-order valence-electron chi connectivity index (χ4n) is 1.83. The molecular weight excluding hydrogens is 295 g/mol. The number of aromatic nitrogens is 3. The van der Waals surface area contributed by atoms with Gasteiger partial charge in [-0.2, -0.15) is 0 Å². The summed E-state index contributed by atoms with van der Waals surface area (Å²) in [5.74, 6) is 0.618. The van der Waals surface area contributed by atoms with Gasteiger partial charge in [0.2, 0.25) is 0 Å². The van der Waals surface area contributed by atoms with Gasteiger partial charge in [0, 0.05) is 22.2 Å². The number of hydrogen-bond acceptors (Lipinski definition) is 3. The van der Waals surface area contributed by atoms with Crippen LogP contribution in [0.2, 0.25) is 10.0 Å². The van der Waals surface area contributed by atoms with Crippen LogP contribution in [0.5, 0.6) is 0 Å². The minimum atomic E-state index is 0.523. The Kier molecular flexibility index (Phi) is 5.40. The predicted octanol–water partition coefficient (Wildman–Crippen LogP) is 3.38. The molecule has 1 N–H and O–H groups in total. The molecule has 1 aromatic carbocycles. The van der Waals surface area contributed by atoms with E-state index < -0.39 is 0 Å². The van der Waals surface area contributed by atoms with Crippen molar-refractivity contribution in [2.75, 3.05) is 6.54 Å². The Hall–Kier alpha value is -1.10. The maximum atomic E-state index is 6.15. The zero-order valence-electron chi connectivity index (χ0n) is 11.6. The van der Waals surface area contributed by atoms with Crippen molar-refractivity contribution in [1.82, 2.24) is 20.3 Å². The van der Waals surface area contributed by atoms with Crippen LogP contribution in [0, 0.1) is 5.92 Å². The summed E-state index contributed by atoms with van der Waals surface area (Å²) in [6.07, 6.45) is 1.91. The summed E-state index contributed by atoms with van der Waals surface area (Å²) in [5.41, 5.74) is 1.77. The van der Waals surface area contributed by atoms with Crippen molar-refractivity contribution in [3.05, 3.63) is 45.7 Å². The number of nitrogens with one attached hydrogen (secondary N) is 1. The topological polar surface area (TPSA) is 42.7 Å². The number of halogens is 2.